The number of benzene rings is 6. The molecule has 3 heteroatoms. The van der Waals surface area contributed by atoms with Crippen molar-refractivity contribution in [3.63, 3.8) is 0 Å². The van der Waals surface area contributed by atoms with Gasteiger partial charge in [0.2, 0.25) is 0 Å². The molecule has 0 saturated heterocycles. The second kappa shape index (κ2) is 9.19. The van der Waals surface area contributed by atoms with Crippen LogP contribution in [0.1, 0.15) is 0 Å². The summed E-state index contributed by atoms with van der Waals surface area (Å²) in [6, 6.07) is 48.1. The van der Waals surface area contributed by atoms with E-state index in [0.717, 1.165) is 21.5 Å². The van der Waals surface area contributed by atoms with Gasteiger partial charge in [0.1, 0.15) is 0 Å². The van der Waals surface area contributed by atoms with Gasteiger partial charge in [0.15, 0.2) is 0 Å². The molecule has 0 spiro atoms. The van der Waals surface area contributed by atoms with Gasteiger partial charge in [0.05, 0.1) is 0 Å². The lowest BCUT2D eigenvalue weighted by molar-refractivity contribution is 1.30. The number of hydrogen-bond acceptors (Lipinski definition) is 2. The number of para-hydroxylation sites is 1. The Morgan fingerprint density at radius 3 is 1.89 bits per heavy atom. The summed E-state index contributed by atoms with van der Waals surface area (Å²) >= 11 is 5.41. The highest BCUT2D eigenvalue weighted by atomic mass is 79.9. The van der Waals surface area contributed by atoms with Gasteiger partial charge in [-0.2, -0.15) is 0 Å². The van der Waals surface area contributed by atoms with Crippen molar-refractivity contribution in [2.45, 2.75) is 0 Å². The predicted octanol–water partition coefficient (Wildman–Crippen LogP) is 11.1. The summed E-state index contributed by atoms with van der Waals surface area (Å²) < 4.78 is 3.70. The van der Waals surface area contributed by atoms with Crippen LogP contribution in [0.4, 0.5) is 17.1 Å². The number of hydrogen-bond donors (Lipinski definition) is 0. The van der Waals surface area contributed by atoms with Crippen molar-refractivity contribution in [1.29, 1.82) is 0 Å². The van der Waals surface area contributed by atoms with E-state index in [4.69, 9.17) is 0 Å². The molecule has 0 aliphatic heterocycles. The van der Waals surface area contributed by atoms with Gasteiger partial charge in [-0.1, -0.05) is 94.8 Å². The van der Waals surface area contributed by atoms with Crippen molar-refractivity contribution in [2.24, 2.45) is 0 Å². The Kier molecular flexibility index (Phi) is 5.53. The third kappa shape index (κ3) is 4.11. The van der Waals surface area contributed by atoms with Crippen molar-refractivity contribution >= 4 is 75.3 Å². The molecule has 0 saturated carbocycles. The molecule has 7 rings (SSSR count). The quantitative estimate of drug-likeness (QED) is 0.208. The monoisotopic (exact) mass is 555 g/mol. The Bertz CT molecular complexity index is 1890. The zero-order chi connectivity index (χ0) is 24.8. The minimum absolute atomic E-state index is 1.10. The summed E-state index contributed by atoms with van der Waals surface area (Å²) in [6.45, 7) is 0. The van der Waals surface area contributed by atoms with Gasteiger partial charge in [-0.05, 0) is 76.5 Å². The summed E-state index contributed by atoms with van der Waals surface area (Å²) in [6.07, 6.45) is 0. The maximum absolute atomic E-state index is 3.54. The van der Waals surface area contributed by atoms with Crippen LogP contribution in [-0.4, -0.2) is 0 Å². The molecule has 37 heavy (non-hydrogen) atoms. The van der Waals surface area contributed by atoms with Crippen LogP contribution < -0.4 is 4.90 Å². The van der Waals surface area contributed by atoms with Crippen molar-refractivity contribution in [1.82, 2.24) is 0 Å². The molecule has 1 heterocycles. The molecule has 6 aromatic carbocycles. The molecule has 176 valence electrons. The molecule has 0 bridgehead atoms. The topological polar surface area (TPSA) is 3.24 Å². The van der Waals surface area contributed by atoms with Crippen LogP contribution in [0.2, 0.25) is 0 Å². The van der Waals surface area contributed by atoms with E-state index in [1.54, 1.807) is 0 Å². The van der Waals surface area contributed by atoms with E-state index in [2.05, 4.69) is 154 Å². The Morgan fingerprint density at radius 1 is 0.459 bits per heavy atom. The molecule has 0 radical (unpaired) electrons. The SMILES string of the molecule is Brc1ccc(-c2ccc3c(c2)sc2cc(N(c4ccccc4)c4ccc5ccccc5c4)ccc23)cc1. The van der Waals surface area contributed by atoms with Crippen molar-refractivity contribution in [3.8, 4) is 11.1 Å². The Balaban J connectivity index is 1.37. The molecule has 0 aliphatic rings. The lowest BCUT2D eigenvalue weighted by atomic mass is 10.0. The van der Waals surface area contributed by atoms with Crippen LogP contribution in [0.5, 0.6) is 0 Å². The summed E-state index contributed by atoms with van der Waals surface area (Å²) in [4.78, 5) is 2.35. The molecule has 0 aliphatic carbocycles. The molecule has 0 fully saturated rings. The lowest BCUT2D eigenvalue weighted by Gasteiger charge is -2.26. The zero-order valence-electron chi connectivity index (χ0n) is 19.9. The normalized spacial score (nSPS) is 11.4. The standard InChI is InChI=1S/C34H22BrNS/c35-27-14-10-24(11-15-27)26-13-18-31-32-19-17-30(22-34(32)37-33(31)21-26)36(28-8-2-1-3-9-28)29-16-12-23-6-4-5-7-25(23)20-29/h1-22H. The largest absolute Gasteiger partial charge is 0.310 e. The van der Waals surface area contributed by atoms with Gasteiger partial charge >= 0.3 is 0 Å². The number of fused-ring (bicyclic) bond motifs is 4. The molecule has 1 aromatic heterocycles. The molecule has 1 nitrogen and oxygen atoms in total. The zero-order valence-corrected chi connectivity index (χ0v) is 22.3. The fourth-order valence-electron chi connectivity index (χ4n) is 5.07. The number of nitrogens with zero attached hydrogens (tertiary/aromatic N) is 1. The van der Waals surface area contributed by atoms with Crippen LogP contribution in [-0.2, 0) is 0 Å². The first kappa shape index (κ1) is 22.3. The van der Waals surface area contributed by atoms with E-state index >= 15 is 0 Å². The first-order valence-electron chi connectivity index (χ1n) is 12.3. The summed E-state index contributed by atoms with van der Waals surface area (Å²) in [7, 11) is 0. The second-order valence-electron chi connectivity index (χ2n) is 9.20. The first-order valence-corrected chi connectivity index (χ1v) is 13.9. The molecule has 0 atom stereocenters. The highest BCUT2D eigenvalue weighted by Crippen LogP contribution is 2.42. The highest BCUT2D eigenvalue weighted by molar-refractivity contribution is 9.10. The molecule has 0 unspecified atom stereocenters. The van der Waals surface area contributed by atoms with Gasteiger partial charge in [0, 0.05) is 41.7 Å². The number of halogens is 1. The molecular formula is C34H22BrNS. The third-order valence-corrected chi connectivity index (χ3v) is 8.54. The van der Waals surface area contributed by atoms with Crippen LogP contribution >= 0.6 is 27.3 Å². The van der Waals surface area contributed by atoms with Crippen LogP contribution in [0, 0.1) is 0 Å². The van der Waals surface area contributed by atoms with Gasteiger partial charge < -0.3 is 4.90 Å². The maximum Gasteiger partial charge on any atom is 0.0476 e. The van der Waals surface area contributed by atoms with Gasteiger partial charge in [-0.3, -0.25) is 0 Å². The van der Waals surface area contributed by atoms with Crippen molar-refractivity contribution in [3.05, 3.63) is 138 Å². The lowest BCUT2D eigenvalue weighted by Crippen LogP contribution is -2.09. The second-order valence-corrected chi connectivity index (χ2v) is 11.2. The molecule has 0 amide bonds. The average Bonchev–Trinajstić information content (AvgIpc) is 3.31. The van der Waals surface area contributed by atoms with Crippen LogP contribution in [0.15, 0.2) is 138 Å². The minimum Gasteiger partial charge on any atom is -0.310 e. The van der Waals surface area contributed by atoms with Crippen LogP contribution in [0.25, 0.3) is 42.1 Å². The summed E-state index contributed by atoms with van der Waals surface area (Å²) in [5.41, 5.74) is 5.94. The fraction of sp³-hybridized carbons (Fsp3) is 0. The first-order chi connectivity index (χ1) is 18.2. The Labute approximate surface area is 228 Å². The average molecular weight is 557 g/mol. The van der Waals surface area contributed by atoms with E-state index < -0.39 is 0 Å². The molecule has 0 N–H and O–H groups in total. The Hall–Kier alpha value is -3.92. The van der Waals surface area contributed by atoms with E-state index in [-0.39, 0.29) is 0 Å². The van der Waals surface area contributed by atoms with Crippen LogP contribution in [0.3, 0.4) is 0 Å². The van der Waals surface area contributed by atoms with E-state index in [1.807, 2.05) is 11.3 Å². The highest BCUT2D eigenvalue weighted by Gasteiger charge is 2.15. The minimum atomic E-state index is 1.10. The summed E-state index contributed by atoms with van der Waals surface area (Å²) in [5.74, 6) is 0. The number of thiophene rings is 1. The fourth-order valence-corrected chi connectivity index (χ4v) is 6.51. The van der Waals surface area contributed by atoms with Gasteiger partial charge in [-0.15, -0.1) is 11.3 Å². The smallest absolute Gasteiger partial charge is 0.0476 e. The third-order valence-electron chi connectivity index (χ3n) is 6.90. The van der Waals surface area contributed by atoms with Gasteiger partial charge in [0.25, 0.3) is 0 Å². The number of rotatable bonds is 4. The van der Waals surface area contributed by atoms with E-state index in [1.165, 1.54) is 42.1 Å². The maximum atomic E-state index is 3.54. The summed E-state index contributed by atoms with van der Waals surface area (Å²) in [5, 5.41) is 5.10. The van der Waals surface area contributed by atoms with E-state index in [0.29, 0.717) is 0 Å². The van der Waals surface area contributed by atoms with Crippen molar-refractivity contribution < 1.29 is 0 Å². The van der Waals surface area contributed by atoms with Crippen molar-refractivity contribution in [2.75, 3.05) is 4.90 Å². The number of anilines is 3. The molecular weight excluding hydrogens is 534 g/mol. The molecule has 7 aromatic rings. The predicted molar refractivity (Wildman–Crippen MR) is 165 cm³/mol. The Morgan fingerprint density at radius 2 is 1.08 bits per heavy atom. The van der Waals surface area contributed by atoms with E-state index in [9.17, 15) is 0 Å². The van der Waals surface area contributed by atoms with Gasteiger partial charge in [-0.25, -0.2) is 0 Å².